The summed E-state index contributed by atoms with van der Waals surface area (Å²) in [5, 5.41) is 8.42. The van der Waals surface area contributed by atoms with Crippen LogP contribution in [0.5, 0.6) is 5.75 Å². The van der Waals surface area contributed by atoms with Crippen molar-refractivity contribution in [3.63, 3.8) is 0 Å². The van der Waals surface area contributed by atoms with Gasteiger partial charge < -0.3 is 14.6 Å². The Morgan fingerprint density at radius 2 is 1.69 bits per heavy atom. The van der Waals surface area contributed by atoms with Gasteiger partial charge in [-0.2, -0.15) is 4.98 Å². The molecule has 0 radical (unpaired) electrons. The van der Waals surface area contributed by atoms with E-state index in [2.05, 4.69) is 41.7 Å². The maximum absolute atomic E-state index is 5.86. The fraction of sp³-hybridized carbons (Fsp3) is 0.207. The number of nitrogens with zero attached hydrogens (tertiary/aromatic N) is 3. The molecule has 0 aliphatic carbocycles. The normalized spacial score (nSPS) is 15.7. The Morgan fingerprint density at radius 1 is 0.972 bits per heavy atom. The Bertz CT molecular complexity index is 1380. The van der Waals surface area contributed by atoms with Crippen LogP contribution < -0.4 is 15.0 Å². The van der Waals surface area contributed by atoms with Crippen molar-refractivity contribution < 1.29 is 9.26 Å². The minimum absolute atomic E-state index is 0.230. The molecule has 2 heterocycles. The van der Waals surface area contributed by atoms with Gasteiger partial charge in [0.25, 0.3) is 5.89 Å². The number of allylic oxidation sites excluding steroid dienone is 1. The van der Waals surface area contributed by atoms with Gasteiger partial charge in [0.15, 0.2) is 5.11 Å². The Balaban J connectivity index is 1.61. The summed E-state index contributed by atoms with van der Waals surface area (Å²) < 4.78 is 11.5. The number of aromatic nitrogens is 2. The molecule has 6 nitrogen and oxygen atoms in total. The molecule has 0 saturated carbocycles. The number of aryl methyl sites for hydroxylation is 1. The maximum atomic E-state index is 5.86. The van der Waals surface area contributed by atoms with Crippen molar-refractivity contribution in [3.8, 4) is 17.1 Å². The zero-order chi connectivity index (χ0) is 25.1. The van der Waals surface area contributed by atoms with E-state index in [1.807, 2.05) is 73.3 Å². The molecular formula is C29H28N4O2S. The number of nitrogens with one attached hydrogen (secondary N) is 1. The second-order valence-corrected chi connectivity index (χ2v) is 8.91. The molecule has 4 aromatic rings. The number of ether oxygens (including phenoxy) is 1. The lowest BCUT2D eigenvalue weighted by atomic mass is 9.93. The maximum Gasteiger partial charge on any atom is 0.258 e. The molecule has 1 atom stereocenters. The molecule has 0 amide bonds. The second-order valence-electron chi connectivity index (χ2n) is 8.53. The molecule has 0 fully saturated rings. The van der Waals surface area contributed by atoms with Gasteiger partial charge in [0.05, 0.1) is 18.2 Å². The van der Waals surface area contributed by atoms with E-state index in [9.17, 15) is 0 Å². The van der Waals surface area contributed by atoms with E-state index in [1.165, 1.54) is 5.56 Å². The summed E-state index contributed by atoms with van der Waals surface area (Å²) in [4.78, 5) is 6.79. The van der Waals surface area contributed by atoms with Crippen molar-refractivity contribution >= 4 is 28.6 Å². The van der Waals surface area contributed by atoms with Gasteiger partial charge in [-0.1, -0.05) is 66.7 Å². The average Bonchev–Trinajstić information content (AvgIpc) is 3.40. The summed E-state index contributed by atoms with van der Waals surface area (Å²) in [6, 6.07) is 26.1. The molecule has 1 aromatic heterocycles. The number of rotatable bonds is 7. The van der Waals surface area contributed by atoms with Crippen molar-refractivity contribution in [3.05, 3.63) is 102 Å². The Kier molecular flexibility index (Phi) is 6.82. The summed E-state index contributed by atoms with van der Waals surface area (Å²) in [6.07, 6.45) is 0.980. The van der Waals surface area contributed by atoms with Gasteiger partial charge in [-0.05, 0) is 67.9 Å². The van der Waals surface area contributed by atoms with Crippen LogP contribution in [0.4, 0.5) is 5.69 Å². The van der Waals surface area contributed by atoms with Gasteiger partial charge in [0.1, 0.15) is 5.75 Å². The standard InChI is InChI=1S/C29H28N4O2S/c1-4-20-11-13-21(14-12-20)26-25(28-31-27(32-35-28)22-9-7-6-8-10-22)19(3)33(29(36)30-26)23-15-17-24(18-16-23)34-5-2/h6-18,26H,4-5H2,1-3H3,(H,30,36). The Labute approximate surface area is 216 Å². The van der Waals surface area contributed by atoms with Crippen molar-refractivity contribution in [1.29, 1.82) is 0 Å². The van der Waals surface area contributed by atoms with Crippen LogP contribution in [-0.4, -0.2) is 21.9 Å². The number of thiocarbonyl (C=S) groups is 1. The van der Waals surface area contributed by atoms with Crippen molar-refractivity contribution in [2.24, 2.45) is 0 Å². The van der Waals surface area contributed by atoms with E-state index in [4.69, 9.17) is 26.5 Å². The van der Waals surface area contributed by atoms with Crippen LogP contribution in [0.3, 0.4) is 0 Å². The summed E-state index contributed by atoms with van der Waals surface area (Å²) in [5.41, 5.74) is 5.99. The minimum atomic E-state index is -0.230. The van der Waals surface area contributed by atoms with E-state index in [0.29, 0.717) is 23.4 Å². The van der Waals surface area contributed by atoms with Crippen LogP contribution >= 0.6 is 12.2 Å². The molecule has 1 N–H and O–H groups in total. The molecule has 36 heavy (non-hydrogen) atoms. The Hall–Kier alpha value is -3.97. The highest BCUT2D eigenvalue weighted by atomic mass is 32.1. The third-order valence-electron chi connectivity index (χ3n) is 6.30. The second kappa shape index (κ2) is 10.3. The molecule has 0 saturated heterocycles. The van der Waals surface area contributed by atoms with Crippen LogP contribution in [0.15, 0.2) is 89.1 Å². The Morgan fingerprint density at radius 3 is 2.36 bits per heavy atom. The first-order chi connectivity index (χ1) is 17.6. The van der Waals surface area contributed by atoms with E-state index in [1.54, 1.807) is 0 Å². The summed E-state index contributed by atoms with van der Waals surface area (Å²) in [6.45, 7) is 6.78. The van der Waals surface area contributed by atoms with Crippen LogP contribution in [0, 0.1) is 0 Å². The summed E-state index contributed by atoms with van der Waals surface area (Å²) in [5.74, 6) is 1.82. The molecule has 1 aliphatic heterocycles. The van der Waals surface area contributed by atoms with Gasteiger partial charge >= 0.3 is 0 Å². The number of hydrogen-bond donors (Lipinski definition) is 1. The lowest BCUT2D eigenvalue weighted by Gasteiger charge is -2.37. The molecule has 0 spiro atoms. The molecule has 1 aliphatic rings. The molecular weight excluding hydrogens is 468 g/mol. The monoisotopic (exact) mass is 496 g/mol. The molecule has 182 valence electrons. The van der Waals surface area contributed by atoms with Gasteiger partial charge in [-0.25, -0.2) is 0 Å². The third-order valence-corrected chi connectivity index (χ3v) is 6.60. The van der Waals surface area contributed by atoms with E-state index in [-0.39, 0.29) is 6.04 Å². The molecule has 3 aromatic carbocycles. The summed E-state index contributed by atoms with van der Waals surface area (Å²) >= 11 is 5.86. The first-order valence-electron chi connectivity index (χ1n) is 12.1. The van der Waals surface area contributed by atoms with Gasteiger partial charge in [-0.15, -0.1) is 0 Å². The van der Waals surface area contributed by atoms with Crippen LogP contribution in [0.25, 0.3) is 17.0 Å². The smallest absolute Gasteiger partial charge is 0.258 e. The molecule has 1 unspecified atom stereocenters. The minimum Gasteiger partial charge on any atom is -0.494 e. The molecule has 7 heteroatoms. The number of anilines is 1. The molecule has 5 rings (SSSR count). The fourth-order valence-electron chi connectivity index (χ4n) is 4.42. The largest absolute Gasteiger partial charge is 0.494 e. The number of hydrogen-bond acceptors (Lipinski definition) is 5. The van der Waals surface area contributed by atoms with Crippen LogP contribution in [-0.2, 0) is 6.42 Å². The van der Waals surface area contributed by atoms with E-state index in [0.717, 1.165) is 40.3 Å². The topological polar surface area (TPSA) is 63.4 Å². The number of benzene rings is 3. The quantitative estimate of drug-likeness (QED) is 0.291. The highest BCUT2D eigenvalue weighted by molar-refractivity contribution is 7.80. The third kappa shape index (κ3) is 4.62. The van der Waals surface area contributed by atoms with Crippen molar-refractivity contribution in [2.75, 3.05) is 11.5 Å². The van der Waals surface area contributed by atoms with Gasteiger partial charge in [0.2, 0.25) is 5.82 Å². The summed E-state index contributed by atoms with van der Waals surface area (Å²) in [7, 11) is 0. The average molecular weight is 497 g/mol. The first kappa shape index (κ1) is 23.8. The van der Waals surface area contributed by atoms with E-state index >= 15 is 0 Å². The fourth-order valence-corrected chi connectivity index (χ4v) is 4.78. The van der Waals surface area contributed by atoms with Gasteiger partial charge in [0, 0.05) is 16.9 Å². The van der Waals surface area contributed by atoms with Crippen LogP contribution in [0.1, 0.15) is 43.8 Å². The van der Waals surface area contributed by atoms with Crippen molar-refractivity contribution in [1.82, 2.24) is 15.5 Å². The first-order valence-corrected chi connectivity index (χ1v) is 12.5. The van der Waals surface area contributed by atoms with E-state index < -0.39 is 0 Å². The highest BCUT2D eigenvalue weighted by Crippen LogP contribution is 2.39. The predicted octanol–water partition coefficient (Wildman–Crippen LogP) is 6.56. The van der Waals surface area contributed by atoms with Crippen molar-refractivity contribution in [2.45, 2.75) is 33.2 Å². The lowest BCUT2D eigenvalue weighted by molar-refractivity contribution is 0.340. The molecule has 0 bridgehead atoms. The highest BCUT2D eigenvalue weighted by Gasteiger charge is 2.34. The zero-order valence-corrected chi connectivity index (χ0v) is 21.4. The zero-order valence-electron chi connectivity index (χ0n) is 20.6. The van der Waals surface area contributed by atoms with Gasteiger partial charge in [-0.3, -0.25) is 4.90 Å². The SMILES string of the molecule is CCOc1ccc(N2C(=S)NC(c3ccc(CC)cc3)C(c3nc(-c4ccccc4)no3)=C2C)cc1. The predicted molar refractivity (Wildman–Crippen MR) is 147 cm³/mol. The van der Waals surface area contributed by atoms with Crippen LogP contribution in [0.2, 0.25) is 0 Å². The lowest BCUT2D eigenvalue weighted by Crippen LogP contribution is -2.46.